The van der Waals surface area contributed by atoms with Gasteiger partial charge in [0.05, 0.1) is 34.3 Å². The number of rotatable bonds is 3. The minimum Gasteiger partial charge on any atom is -0.308 e. The Morgan fingerprint density at radius 3 is 1.75 bits per heavy atom. The van der Waals surface area contributed by atoms with Gasteiger partial charge in [-0.2, -0.15) is 0 Å². The first-order valence-electron chi connectivity index (χ1n) is 19.3. The van der Waals surface area contributed by atoms with Crippen molar-refractivity contribution in [2.45, 2.75) is 12.3 Å². The second-order valence-electron chi connectivity index (χ2n) is 14.9. The third-order valence-electron chi connectivity index (χ3n) is 11.9. The van der Waals surface area contributed by atoms with Gasteiger partial charge in [0.1, 0.15) is 5.82 Å². The third kappa shape index (κ3) is 4.74. The predicted molar refractivity (Wildman–Crippen MR) is 234 cm³/mol. The van der Waals surface area contributed by atoms with Crippen LogP contribution in [0.15, 0.2) is 206 Å². The van der Waals surface area contributed by atoms with Crippen molar-refractivity contribution in [3.05, 3.63) is 223 Å². The highest BCUT2D eigenvalue weighted by molar-refractivity contribution is 6.14. The molecule has 1 atom stereocenters. The second-order valence-corrected chi connectivity index (χ2v) is 14.9. The second kappa shape index (κ2) is 12.7. The highest BCUT2D eigenvalue weighted by Gasteiger charge is 2.42. The van der Waals surface area contributed by atoms with Gasteiger partial charge in [-0.3, -0.25) is 4.90 Å². The lowest BCUT2D eigenvalue weighted by Gasteiger charge is -2.35. The summed E-state index contributed by atoms with van der Waals surface area (Å²) in [6.07, 6.45) is 2.03. The van der Waals surface area contributed by atoms with Gasteiger partial charge in [0.15, 0.2) is 0 Å². The van der Waals surface area contributed by atoms with E-state index >= 15 is 0 Å². The van der Waals surface area contributed by atoms with Crippen LogP contribution in [0.25, 0.3) is 60.5 Å². The average Bonchev–Trinajstić information content (AvgIpc) is 3.74. The van der Waals surface area contributed by atoms with Crippen LogP contribution in [0, 0.1) is 0 Å². The van der Waals surface area contributed by atoms with Gasteiger partial charge in [0.2, 0.25) is 0 Å². The summed E-state index contributed by atoms with van der Waals surface area (Å²) in [5.74, 6) is 0.898. The van der Waals surface area contributed by atoms with Gasteiger partial charge >= 0.3 is 0 Å². The van der Waals surface area contributed by atoms with Crippen LogP contribution in [0.2, 0.25) is 0 Å². The van der Waals surface area contributed by atoms with Crippen molar-refractivity contribution < 1.29 is 0 Å². The summed E-state index contributed by atoms with van der Waals surface area (Å²) in [6, 6.07) is 71.8. The molecule has 2 aliphatic rings. The maximum absolute atomic E-state index is 5.26. The molecule has 0 fully saturated rings. The summed E-state index contributed by atoms with van der Waals surface area (Å²) in [5, 5.41) is 4.98. The number of nitrogens with zero attached hydrogens (tertiary/aromatic N) is 3. The highest BCUT2D eigenvalue weighted by atomic mass is 15.2. The number of hydrogen-bond acceptors (Lipinski definition) is 2. The van der Waals surface area contributed by atoms with Crippen LogP contribution in [0.3, 0.4) is 0 Å². The van der Waals surface area contributed by atoms with Crippen LogP contribution in [0.4, 0.5) is 17.2 Å². The summed E-state index contributed by atoms with van der Waals surface area (Å²) in [5.41, 5.74) is 14.5. The lowest BCUT2D eigenvalue weighted by molar-refractivity contribution is 0.714. The summed E-state index contributed by atoms with van der Waals surface area (Å²) in [6.45, 7) is 2.39. The normalized spacial score (nSPS) is 14.9. The molecule has 3 heterocycles. The van der Waals surface area contributed by atoms with Gasteiger partial charge in [0, 0.05) is 27.1 Å². The van der Waals surface area contributed by atoms with Crippen LogP contribution < -0.4 is 4.90 Å². The van der Waals surface area contributed by atoms with E-state index in [1.165, 1.54) is 71.5 Å². The van der Waals surface area contributed by atoms with Gasteiger partial charge < -0.3 is 4.57 Å². The Labute approximate surface area is 326 Å². The molecule has 1 aliphatic carbocycles. The van der Waals surface area contributed by atoms with Crippen molar-refractivity contribution in [3.8, 4) is 27.9 Å². The Balaban J connectivity index is 0.000000557. The van der Waals surface area contributed by atoms with Crippen LogP contribution in [-0.4, -0.2) is 9.55 Å². The molecule has 3 heteroatoms. The molecule has 10 aromatic rings. The minimum atomic E-state index is -0.301. The fraction of sp³-hybridized carbons (Fsp3) is 0.0377. The van der Waals surface area contributed by atoms with Gasteiger partial charge in [-0.1, -0.05) is 158 Å². The first kappa shape index (κ1) is 32.2. The maximum Gasteiger partial charge on any atom is 0.137 e. The van der Waals surface area contributed by atoms with E-state index < -0.39 is 0 Å². The summed E-state index contributed by atoms with van der Waals surface area (Å²) >= 11 is 0. The first-order valence-corrected chi connectivity index (χ1v) is 19.3. The molecule has 0 radical (unpaired) electrons. The zero-order valence-corrected chi connectivity index (χ0v) is 31.0. The average molecular weight is 716 g/mol. The SMILES string of the molecule is CC1(c2ccccc2)c2ccccc2-c2cc3c(cc21)N(c1ccc(-n2c4ccccc4c4ccccc42)cn1)c1cccc2cccc-3c12.c1ccccc1. The molecule has 2 aromatic heterocycles. The topological polar surface area (TPSA) is 21.1 Å². The van der Waals surface area contributed by atoms with Crippen molar-refractivity contribution >= 4 is 49.8 Å². The molecule has 1 aliphatic heterocycles. The van der Waals surface area contributed by atoms with E-state index in [0.717, 1.165) is 22.9 Å². The molecule has 1 unspecified atom stereocenters. The van der Waals surface area contributed by atoms with E-state index in [2.05, 4.69) is 180 Å². The van der Waals surface area contributed by atoms with Crippen molar-refractivity contribution in [1.82, 2.24) is 9.55 Å². The lowest BCUT2D eigenvalue weighted by Crippen LogP contribution is -2.23. The number of anilines is 3. The zero-order chi connectivity index (χ0) is 37.2. The Bertz CT molecular complexity index is 3000. The van der Waals surface area contributed by atoms with Crippen LogP contribution >= 0.6 is 0 Å². The molecule has 8 aromatic carbocycles. The molecule has 264 valence electrons. The number of benzene rings is 8. The van der Waals surface area contributed by atoms with E-state index in [1.807, 2.05) is 42.6 Å². The Hall–Kier alpha value is -7.23. The van der Waals surface area contributed by atoms with Crippen LogP contribution in [-0.2, 0) is 5.41 Å². The molecule has 56 heavy (non-hydrogen) atoms. The van der Waals surface area contributed by atoms with Crippen molar-refractivity contribution in [1.29, 1.82) is 0 Å². The van der Waals surface area contributed by atoms with E-state index in [1.54, 1.807) is 0 Å². The van der Waals surface area contributed by atoms with E-state index in [0.29, 0.717) is 0 Å². The maximum atomic E-state index is 5.26. The molecule has 0 amide bonds. The fourth-order valence-electron chi connectivity index (χ4n) is 9.34. The number of hydrogen-bond donors (Lipinski definition) is 0. The number of fused-ring (bicyclic) bond motifs is 8. The molecule has 0 saturated carbocycles. The largest absolute Gasteiger partial charge is 0.308 e. The third-order valence-corrected chi connectivity index (χ3v) is 11.9. The van der Waals surface area contributed by atoms with Crippen molar-refractivity contribution in [3.63, 3.8) is 0 Å². The molecule has 12 rings (SSSR count). The van der Waals surface area contributed by atoms with Gasteiger partial charge in [-0.05, 0) is 88.2 Å². The fourth-order valence-corrected chi connectivity index (χ4v) is 9.34. The molecule has 0 saturated heterocycles. The number of aromatic nitrogens is 2. The molecular formula is C53H37N3. The standard InChI is InChI=1S/C47H31N3.C6H6/c1-47(31-15-3-2-4-16-31)39-21-8-5-17-33(39)37-27-38-36-20-11-13-30-14-12-24-43(46(30)36)50(44(38)28-40(37)47)45-26-25-32(29-48-45)49-41-22-9-6-18-34(41)35-19-7-10-23-42(35)49;1-2-4-6-5-3-1/h2-29H,1H3;1-6H. The monoisotopic (exact) mass is 715 g/mol. The van der Waals surface area contributed by atoms with Crippen LogP contribution in [0.5, 0.6) is 0 Å². The van der Waals surface area contributed by atoms with E-state index in [-0.39, 0.29) is 5.41 Å². The number of para-hydroxylation sites is 2. The van der Waals surface area contributed by atoms with Crippen molar-refractivity contribution in [2.75, 3.05) is 4.90 Å². The zero-order valence-electron chi connectivity index (χ0n) is 31.0. The van der Waals surface area contributed by atoms with Gasteiger partial charge in [-0.15, -0.1) is 0 Å². The van der Waals surface area contributed by atoms with Crippen LogP contribution in [0.1, 0.15) is 23.6 Å². The highest BCUT2D eigenvalue weighted by Crippen LogP contribution is 2.58. The number of pyridine rings is 1. The molecule has 0 spiro atoms. The van der Waals surface area contributed by atoms with E-state index in [9.17, 15) is 0 Å². The quantitative estimate of drug-likeness (QED) is 0.182. The van der Waals surface area contributed by atoms with Gasteiger partial charge in [-0.25, -0.2) is 4.98 Å². The van der Waals surface area contributed by atoms with E-state index in [4.69, 9.17) is 4.98 Å². The molecular weight excluding hydrogens is 679 g/mol. The summed E-state index contributed by atoms with van der Waals surface area (Å²) in [4.78, 5) is 7.65. The lowest BCUT2D eigenvalue weighted by atomic mass is 9.74. The summed E-state index contributed by atoms with van der Waals surface area (Å²) < 4.78 is 2.33. The Kier molecular flexibility index (Phi) is 7.30. The van der Waals surface area contributed by atoms with Gasteiger partial charge in [0.25, 0.3) is 0 Å². The predicted octanol–water partition coefficient (Wildman–Crippen LogP) is 13.8. The molecule has 0 N–H and O–H groups in total. The molecule has 3 nitrogen and oxygen atoms in total. The van der Waals surface area contributed by atoms with Crippen molar-refractivity contribution in [2.24, 2.45) is 0 Å². The first-order chi connectivity index (χ1) is 27.7. The molecule has 0 bridgehead atoms. The Morgan fingerprint density at radius 1 is 0.446 bits per heavy atom. The minimum absolute atomic E-state index is 0.301. The smallest absolute Gasteiger partial charge is 0.137 e. The summed E-state index contributed by atoms with van der Waals surface area (Å²) in [7, 11) is 0. The Morgan fingerprint density at radius 2 is 1.05 bits per heavy atom.